The van der Waals surface area contributed by atoms with Crippen LogP contribution in [-0.4, -0.2) is 50.8 Å². The molecule has 1 aromatic heterocycles. The number of thioether (sulfide) groups is 1. The number of anilines is 1. The average molecular weight is 523 g/mol. The van der Waals surface area contributed by atoms with Crippen LogP contribution in [0.3, 0.4) is 0 Å². The third kappa shape index (κ3) is 5.97. The Labute approximate surface area is 222 Å². The van der Waals surface area contributed by atoms with E-state index < -0.39 is 0 Å². The molecule has 3 aromatic rings. The van der Waals surface area contributed by atoms with Crippen LogP contribution < -0.4 is 9.64 Å². The van der Waals surface area contributed by atoms with Crippen molar-refractivity contribution >= 4 is 34.7 Å². The molecule has 2 unspecified atom stereocenters. The first-order valence-corrected chi connectivity index (χ1v) is 14.5. The smallest absolute Gasteiger partial charge is 0.227 e. The van der Waals surface area contributed by atoms with Crippen molar-refractivity contribution in [1.29, 1.82) is 0 Å². The second kappa shape index (κ2) is 12.3. The number of para-hydroxylation sites is 1. The molecule has 3 heterocycles. The van der Waals surface area contributed by atoms with Gasteiger partial charge < -0.3 is 14.4 Å². The summed E-state index contributed by atoms with van der Waals surface area (Å²) in [5, 5.41) is 2.33. The number of unbranched alkanes of at least 4 members (excludes halogenated alkanes) is 1. The van der Waals surface area contributed by atoms with Crippen molar-refractivity contribution in [2.75, 3.05) is 44.9 Å². The molecule has 0 saturated carbocycles. The largest absolute Gasteiger partial charge is 0.497 e. The van der Waals surface area contributed by atoms with Gasteiger partial charge in [0.2, 0.25) is 5.91 Å². The maximum Gasteiger partial charge on any atom is 0.227 e. The molecule has 7 heteroatoms. The maximum atomic E-state index is 13.9. The fraction of sp³-hybridized carbons (Fsp3) is 0.414. The number of amides is 1. The van der Waals surface area contributed by atoms with E-state index in [0.29, 0.717) is 6.42 Å². The number of carbonyl (C=O) groups is 1. The first-order valence-electron chi connectivity index (χ1n) is 12.8. The highest BCUT2D eigenvalue weighted by Gasteiger charge is 2.35. The molecule has 2 atom stereocenters. The van der Waals surface area contributed by atoms with Gasteiger partial charge in [0.1, 0.15) is 5.75 Å². The third-order valence-electron chi connectivity index (χ3n) is 6.97. The predicted octanol–water partition coefficient (Wildman–Crippen LogP) is 6.57. The molecule has 190 valence electrons. The van der Waals surface area contributed by atoms with Crippen LogP contribution >= 0.6 is 23.1 Å². The van der Waals surface area contributed by atoms with E-state index in [1.807, 2.05) is 17.8 Å². The maximum absolute atomic E-state index is 13.9. The predicted molar refractivity (Wildman–Crippen MR) is 148 cm³/mol. The highest BCUT2D eigenvalue weighted by atomic mass is 32.2. The van der Waals surface area contributed by atoms with Crippen molar-refractivity contribution in [1.82, 2.24) is 4.90 Å². The Balaban J connectivity index is 1.39. The normalized spacial score (nSPS) is 20.5. The van der Waals surface area contributed by atoms with Gasteiger partial charge >= 0.3 is 0 Å². The topological polar surface area (TPSA) is 42.0 Å². The van der Waals surface area contributed by atoms with Gasteiger partial charge in [-0.1, -0.05) is 30.3 Å². The number of hydrogen-bond donors (Lipinski definition) is 0. The molecule has 0 aliphatic carbocycles. The van der Waals surface area contributed by atoms with E-state index in [4.69, 9.17) is 9.47 Å². The van der Waals surface area contributed by atoms with Crippen molar-refractivity contribution in [3.05, 3.63) is 76.5 Å². The van der Waals surface area contributed by atoms with Crippen molar-refractivity contribution < 1.29 is 14.3 Å². The second-order valence-electron chi connectivity index (χ2n) is 9.29. The zero-order valence-corrected chi connectivity index (χ0v) is 22.4. The van der Waals surface area contributed by atoms with Gasteiger partial charge in [-0.3, -0.25) is 9.69 Å². The molecule has 0 N–H and O–H groups in total. The van der Waals surface area contributed by atoms with E-state index in [1.165, 1.54) is 10.4 Å². The van der Waals surface area contributed by atoms with Crippen molar-refractivity contribution in [2.24, 2.45) is 0 Å². The first kappa shape index (κ1) is 25.3. The molecule has 5 nitrogen and oxygen atoms in total. The monoisotopic (exact) mass is 522 g/mol. The Morgan fingerprint density at radius 3 is 2.72 bits per heavy atom. The summed E-state index contributed by atoms with van der Waals surface area (Å²) in [5.74, 6) is 1.08. The molecule has 5 rings (SSSR count). The summed E-state index contributed by atoms with van der Waals surface area (Å²) < 4.78 is 11.0. The number of fused-ring (bicyclic) bond motifs is 1. The summed E-state index contributed by atoms with van der Waals surface area (Å²) in [6, 6.07) is 21.0. The SMILES string of the molecule is COc1cccc(C2CC(c3cccs3)N(C(=O)CCCCN3CCOCC3)c3ccccc3S2)c1. The molecule has 0 radical (unpaired) electrons. The van der Waals surface area contributed by atoms with E-state index in [2.05, 4.69) is 69.8 Å². The molecule has 2 aliphatic heterocycles. The van der Waals surface area contributed by atoms with E-state index in [1.54, 1.807) is 18.4 Å². The summed E-state index contributed by atoms with van der Waals surface area (Å²) >= 11 is 3.60. The van der Waals surface area contributed by atoms with Crippen LogP contribution in [0.4, 0.5) is 5.69 Å². The van der Waals surface area contributed by atoms with Gasteiger partial charge in [0.25, 0.3) is 0 Å². The lowest BCUT2D eigenvalue weighted by Crippen LogP contribution is -2.37. The molecule has 1 fully saturated rings. The van der Waals surface area contributed by atoms with Crippen molar-refractivity contribution in [2.45, 2.75) is 41.9 Å². The van der Waals surface area contributed by atoms with Crippen LogP contribution in [0, 0.1) is 0 Å². The Hall–Kier alpha value is -2.32. The van der Waals surface area contributed by atoms with Crippen LogP contribution in [-0.2, 0) is 9.53 Å². The van der Waals surface area contributed by atoms with Crippen LogP contribution in [0.5, 0.6) is 5.75 Å². The number of hydrogen-bond acceptors (Lipinski definition) is 6. The number of carbonyl (C=O) groups excluding carboxylic acids is 1. The van der Waals surface area contributed by atoms with Crippen LogP contribution in [0.1, 0.15) is 47.4 Å². The zero-order chi connectivity index (χ0) is 24.7. The van der Waals surface area contributed by atoms with Gasteiger partial charge in [0, 0.05) is 34.5 Å². The summed E-state index contributed by atoms with van der Waals surface area (Å²) in [5.41, 5.74) is 2.26. The molecule has 1 amide bonds. The summed E-state index contributed by atoms with van der Waals surface area (Å²) in [4.78, 5) is 20.8. The summed E-state index contributed by atoms with van der Waals surface area (Å²) in [6.07, 6.45) is 3.35. The number of benzene rings is 2. The Bertz CT molecular complexity index is 1130. The first-order chi connectivity index (χ1) is 17.7. The molecular weight excluding hydrogens is 488 g/mol. The molecule has 36 heavy (non-hydrogen) atoms. The number of morpholine rings is 1. The van der Waals surface area contributed by atoms with Crippen molar-refractivity contribution in [3.8, 4) is 5.75 Å². The Morgan fingerprint density at radius 2 is 1.92 bits per heavy atom. The molecule has 2 aliphatic rings. The standard InChI is InChI=1S/C29H34N2O3S2/c1-33-23-9-6-8-22(20-23)28-21-25(26-12-7-19-35-26)31(24-10-2-3-11-27(24)36-28)29(32)13-4-5-14-30-15-17-34-18-16-30/h2-3,6-12,19-20,25,28H,4-5,13-18,21H2,1H3. The minimum atomic E-state index is 0.00379. The van der Waals surface area contributed by atoms with Crippen LogP contribution in [0.15, 0.2) is 70.9 Å². The van der Waals surface area contributed by atoms with Crippen molar-refractivity contribution in [3.63, 3.8) is 0 Å². The third-order valence-corrected chi connectivity index (χ3v) is 9.29. The quantitative estimate of drug-likeness (QED) is 0.313. The van der Waals surface area contributed by atoms with Gasteiger partial charge in [-0.05, 0) is 67.1 Å². The number of methoxy groups -OCH3 is 1. The highest BCUT2D eigenvalue weighted by Crippen LogP contribution is 2.52. The summed E-state index contributed by atoms with van der Waals surface area (Å²) in [7, 11) is 1.71. The van der Waals surface area contributed by atoms with Crippen LogP contribution in [0.25, 0.3) is 0 Å². The lowest BCUT2D eigenvalue weighted by Gasteiger charge is -2.31. The fourth-order valence-corrected chi connectivity index (χ4v) is 7.21. The number of nitrogens with zero attached hydrogens (tertiary/aromatic N) is 2. The van der Waals surface area contributed by atoms with Gasteiger partial charge in [0.15, 0.2) is 0 Å². The highest BCUT2D eigenvalue weighted by molar-refractivity contribution is 7.99. The van der Waals surface area contributed by atoms with Gasteiger partial charge in [0.05, 0.1) is 32.1 Å². The molecular formula is C29H34N2O3S2. The fourth-order valence-electron chi connectivity index (χ4n) is 5.07. The minimum Gasteiger partial charge on any atom is -0.497 e. The van der Waals surface area contributed by atoms with E-state index in [9.17, 15) is 4.79 Å². The Kier molecular flexibility index (Phi) is 8.64. The van der Waals surface area contributed by atoms with Gasteiger partial charge in [-0.15, -0.1) is 23.1 Å². The van der Waals surface area contributed by atoms with Gasteiger partial charge in [-0.2, -0.15) is 0 Å². The number of rotatable bonds is 8. The molecule has 0 spiro atoms. The van der Waals surface area contributed by atoms with Gasteiger partial charge in [-0.25, -0.2) is 0 Å². The van der Waals surface area contributed by atoms with Crippen LogP contribution in [0.2, 0.25) is 0 Å². The Morgan fingerprint density at radius 1 is 1.06 bits per heavy atom. The number of ether oxygens (including phenoxy) is 2. The van der Waals surface area contributed by atoms with E-state index >= 15 is 0 Å². The second-order valence-corrected chi connectivity index (χ2v) is 11.5. The summed E-state index contributed by atoms with van der Waals surface area (Å²) in [6.45, 7) is 4.67. The zero-order valence-electron chi connectivity index (χ0n) is 20.8. The van der Waals surface area contributed by atoms with E-state index in [-0.39, 0.29) is 17.2 Å². The van der Waals surface area contributed by atoms with E-state index in [0.717, 1.165) is 68.4 Å². The lowest BCUT2D eigenvalue weighted by atomic mass is 10.0. The lowest BCUT2D eigenvalue weighted by molar-refractivity contribution is -0.119. The average Bonchev–Trinajstić information content (AvgIpc) is 3.40. The minimum absolute atomic E-state index is 0.00379. The molecule has 1 saturated heterocycles. The molecule has 2 aromatic carbocycles. The number of thiophene rings is 1. The molecule has 0 bridgehead atoms.